The third-order valence-electron chi connectivity index (χ3n) is 5.01. The van der Waals surface area contributed by atoms with Gasteiger partial charge in [-0.05, 0) is 55.9 Å². The maximum absolute atomic E-state index is 9.94. The summed E-state index contributed by atoms with van der Waals surface area (Å²) in [5.74, 6) is 1.13. The molecule has 0 heterocycles. The molecule has 25 heavy (non-hydrogen) atoms. The van der Waals surface area contributed by atoms with Gasteiger partial charge in [-0.2, -0.15) is 0 Å². The Labute approximate surface area is 144 Å². The second-order valence-corrected chi connectivity index (χ2v) is 6.35. The van der Waals surface area contributed by atoms with Crippen molar-refractivity contribution in [2.45, 2.75) is 0 Å². The lowest BCUT2D eigenvalue weighted by atomic mass is 9.93. The van der Waals surface area contributed by atoms with Gasteiger partial charge in [0.15, 0.2) is 0 Å². The third kappa shape index (κ3) is 1.97. The van der Waals surface area contributed by atoms with E-state index < -0.39 is 0 Å². The first-order chi connectivity index (χ1) is 12.3. The average molecular weight is 324 g/mol. The van der Waals surface area contributed by atoms with Crippen molar-refractivity contribution in [2.75, 3.05) is 7.11 Å². The highest BCUT2D eigenvalue weighted by Gasteiger charge is 2.12. The molecule has 2 nitrogen and oxygen atoms in total. The van der Waals surface area contributed by atoms with E-state index in [1.165, 1.54) is 21.5 Å². The Hall–Kier alpha value is -3.26. The summed E-state index contributed by atoms with van der Waals surface area (Å²) in [6.07, 6.45) is 0. The lowest BCUT2D eigenvalue weighted by Gasteiger charge is -2.13. The van der Waals surface area contributed by atoms with Gasteiger partial charge in [-0.15, -0.1) is 0 Å². The maximum atomic E-state index is 9.94. The van der Waals surface area contributed by atoms with Gasteiger partial charge in [0, 0.05) is 5.39 Å². The van der Waals surface area contributed by atoms with Gasteiger partial charge >= 0.3 is 0 Å². The van der Waals surface area contributed by atoms with Crippen LogP contribution < -0.4 is 4.74 Å². The van der Waals surface area contributed by atoms with E-state index in [1.807, 2.05) is 18.2 Å². The van der Waals surface area contributed by atoms with E-state index in [4.69, 9.17) is 4.74 Å². The molecule has 2 heteroatoms. The topological polar surface area (TPSA) is 29.5 Å². The molecule has 5 aromatic rings. The Morgan fingerprint density at radius 2 is 1.36 bits per heavy atom. The van der Waals surface area contributed by atoms with Crippen molar-refractivity contribution < 1.29 is 9.84 Å². The van der Waals surface area contributed by atoms with Crippen LogP contribution >= 0.6 is 0 Å². The van der Waals surface area contributed by atoms with E-state index in [0.29, 0.717) is 0 Å². The summed E-state index contributed by atoms with van der Waals surface area (Å²) in [4.78, 5) is 0. The van der Waals surface area contributed by atoms with Crippen LogP contribution in [0.3, 0.4) is 0 Å². The van der Waals surface area contributed by atoms with Crippen molar-refractivity contribution in [3.8, 4) is 11.5 Å². The van der Waals surface area contributed by atoms with E-state index in [-0.39, 0.29) is 5.75 Å². The molecule has 1 N–H and O–H groups in total. The second-order valence-electron chi connectivity index (χ2n) is 6.35. The first kappa shape index (κ1) is 14.1. The standard InChI is InChI=1S/C23H16O2/c1-25-22-12-15-6-8-16(24)13-21(15)20-11-10-18-17-5-3-2-4-14(17)7-9-19(18)23(20)22/h2-13,24H,1H3. The highest BCUT2D eigenvalue weighted by molar-refractivity contribution is 6.24. The van der Waals surface area contributed by atoms with Crippen LogP contribution in [0.5, 0.6) is 11.5 Å². The molecule has 0 aromatic heterocycles. The minimum Gasteiger partial charge on any atom is -0.508 e. The van der Waals surface area contributed by atoms with Crippen molar-refractivity contribution in [3.63, 3.8) is 0 Å². The van der Waals surface area contributed by atoms with Crippen LogP contribution in [0.25, 0.3) is 43.1 Å². The molecule has 0 spiro atoms. The minimum absolute atomic E-state index is 0.276. The molecule has 0 unspecified atom stereocenters. The molecule has 0 bridgehead atoms. The molecule has 0 saturated carbocycles. The number of rotatable bonds is 1. The van der Waals surface area contributed by atoms with Crippen molar-refractivity contribution in [2.24, 2.45) is 0 Å². The molecule has 120 valence electrons. The van der Waals surface area contributed by atoms with E-state index in [0.717, 1.165) is 27.3 Å². The quantitative estimate of drug-likeness (QED) is 0.382. The summed E-state index contributed by atoms with van der Waals surface area (Å²) in [5, 5.41) is 19.0. The first-order valence-corrected chi connectivity index (χ1v) is 8.30. The summed E-state index contributed by atoms with van der Waals surface area (Å²) in [6.45, 7) is 0. The van der Waals surface area contributed by atoms with Crippen LogP contribution in [-0.2, 0) is 0 Å². The molecule has 0 amide bonds. The number of aromatic hydroxyl groups is 1. The van der Waals surface area contributed by atoms with Crippen LogP contribution in [0.4, 0.5) is 0 Å². The van der Waals surface area contributed by atoms with E-state index >= 15 is 0 Å². The molecule has 0 saturated heterocycles. The van der Waals surface area contributed by atoms with Gasteiger partial charge in [-0.25, -0.2) is 0 Å². The second kappa shape index (κ2) is 5.12. The molecule has 0 radical (unpaired) electrons. The number of methoxy groups -OCH3 is 1. The smallest absolute Gasteiger partial charge is 0.127 e. The van der Waals surface area contributed by atoms with Crippen LogP contribution in [0.1, 0.15) is 0 Å². The molecular formula is C23H16O2. The Bertz CT molecular complexity index is 1290. The Morgan fingerprint density at radius 1 is 0.640 bits per heavy atom. The van der Waals surface area contributed by atoms with Gasteiger partial charge in [0.05, 0.1) is 7.11 Å². The van der Waals surface area contributed by atoms with Crippen molar-refractivity contribution in [1.82, 2.24) is 0 Å². The zero-order valence-corrected chi connectivity index (χ0v) is 13.8. The lowest BCUT2D eigenvalue weighted by molar-refractivity contribution is 0.420. The van der Waals surface area contributed by atoms with E-state index in [9.17, 15) is 5.11 Å². The van der Waals surface area contributed by atoms with Gasteiger partial charge in [0.1, 0.15) is 11.5 Å². The zero-order chi connectivity index (χ0) is 17.0. The molecule has 0 aliphatic carbocycles. The number of phenols is 1. The van der Waals surface area contributed by atoms with Crippen molar-refractivity contribution >= 4 is 43.1 Å². The fourth-order valence-electron chi connectivity index (χ4n) is 3.86. The van der Waals surface area contributed by atoms with Crippen LogP contribution in [0.2, 0.25) is 0 Å². The number of phenolic OH excluding ortho intramolecular Hbond substituents is 1. The largest absolute Gasteiger partial charge is 0.508 e. The molecule has 0 aliphatic heterocycles. The van der Waals surface area contributed by atoms with Crippen LogP contribution in [-0.4, -0.2) is 12.2 Å². The van der Waals surface area contributed by atoms with Gasteiger partial charge in [-0.3, -0.25) is 0 Å². The van der Waals surface area contributed by atoms with Crippen molar-refractivity contribution in [1.29, 1.82) is 0 Å². The first-order valence-electron chi connectivity index (χ1n) is 8.30. The minimum atomic E-state index is 0.276. The summed E-state index contributed by atoms with van der Waals surface area (Å²) in [5.41, 5.74) is 0. The molecule has 0 atom stereocenters. The van der Waals surface area contributed by atoms with Gasteiger partial charge in [0.25, 0.3) is 0 Å². The molecule has 5 aromatic carbocycles. The van der Waals surface area contributed by atoms with Crippen molar-refractivity contribution in [3.05, 3.63) is 72.8 Å². The average Bonchev–Trinajstić information content (AvgIpc) is 2.66. The number of fused-ring (bicyclic) bond motifs is 7. The monoisotopic (exact) mass is 324 g/mol. The predicted molar refractivity (Wildman–Crippen MR) is 105 cm³/mol. The molecular weight excluding hydrogens is 308 g/mol. The van der Waals surface area contributed by atoms with Crippen LogP contribution in [0, 0.1) is 0 Å². The number of ether oxygens (including phenoxy) is 1. The zero-order valence-electron chi connectivity index (χ0n) is 13.8. The van der Waals surface area contributed by atoms with E-state index in [1.54, 1.807) is 13.2 Å². The summed E-state index contributed by atoms with van der Waals surface area (Å²) in [7, 11) is 1.71. The van der Waals surface area contributed by atoms with E-state index in [2.05, 4.69) is 48.5 Å². The Balaban J connectivity index is 2.06. The summed E-state index contributed by atoms with van der Waals surface area (Å²) >= 11 is 0. The Kier molecular flexibility index (Phi) is 2.89. The third-order valence-corrected chi connectivity index (χ3v) is 5.01. The summed E-state index contributed by atoms with van der Waals surface area (Å²) in [6, 6.07) is 24.6. The van der Waals surface area contributed by atoms with Gasteiger partial charge in [-0.1, -0.05) is 54.6 Å². The highest BCUT2D eigenvalue weighted by Crippen LogP contribution is 2.40. The van der Waals surface area contributed by atoms with Crippen LogP contribution in [0.15, 0.2) is 72.8 Å². The SMILES string of the molecule is COc1cc2ccc(O)cc2c2ccc3c4ccccc4ccc3c12. The predicted octanol–water partition coefficient (Wildman–Crippen LogP) is 6.01. The molecule has 0 aliphatic rings. The maximum Gasteiger partial charge on any atom is 0.127 e. The highest BCUT2D eigenvalue weighted by atomic mass is 16.5. The molecule has 0 fully saturated rings. The molecule has 5 rings (SSSR count). The number of hydrogen-bond acceptors (Lipinski definition) is 2. The fourth-order valence-corrected chi connectivity index (χ4v) is 3.86. The normalized spacial score (nSPS) is 11.6. The lowest BCUT2D eigenvalue weighted by Crippen LogP contribution is -1.89. The van der Waals surface area contributed by atoms with Gasteiger partial charge in [0.2, 0.25) is 0 Å². The summed E-state index contributed by atoms with van der Waals surface area (Å²) < 4.78 is 5.72. The number of hydrogen-bond donors (Lipinski definition) is 1. The van der Waals surface area contributed by atoms with Gasteiger partial charge < -0.3 is 9.84 Å². The number of benzene rings is 5. The Morgan fingerprint density at radius 3 is 2.24 bits per heavy atom. The fraction of sp³-hybridized carbons (Fsp3) is 0.0435.